The van der Waals surface area contributed by atoms with E-state index in [4.69, 9.17) is 9.72 Å². The predicted octanol–water partition coefficient (Wildman–Crippen LogP) is 5.00. The molecule has 0 unspecified atom stereocenters. The smallest absolute Gasteiger partial charge is 0.251 e. The zero-order valence-electron chi connectivity index (χ0n) is 22.6. The number of pyridine rings is 1. The summed E-state index contributed by atoms with van der Waals surface area (Å²) in [6.07, 6.45) is 8.27. The first kappa shape index (κ1) is 25.3. The van der Waals surface area contributed by atoms with Gasteiger partial charge in [-0.1, -0.05) is 42.5 Å². The van der Waals surface area contributed by atoms with Gasteiger partial charge in [-0.2, -0.15) is 0 Å². The number of hydrogen-bond donors (Lipinski definition) is 0. The summed E-state index contributed by atoms with van der Waals surface area (Å²) < 4.78 is 5.61. The van der Waals surface area contributed by atoms with Crippen molar-refractivity contribution in [2.45, 2.75) is 44.6 Å². The molecule has 1 amide bonds. The largest absolute Gasteiger partial charge is 0.368 e. The Labute approximate surface area is 226 Å². The number of para-hydroxylation sites is 1. The maximum absolute atomic E-state index is 12.6. The third-order valence-electron chi connectivity index (χ3n) is 8.80. The number of aryl methyl sites for hydroxylation is 1. The minimum atomic E-state index is -0.181. The summed E-state index contributed by atoms with van der Waals surface area (Å²) >= 11 is 0. The first-order chi connectivity index (χ1) is 18.7. The minimum Gasteiger partial charge on any atom is -0.368 e. The van der Waals surface area contributed by atoms with Crippen molar-refractivity contribution in [3.8, 4) is 11.1 Å². The Morgan fingerprint density at radius 3 is 2.45 bits per heavy atom. The zero-order chi connectivity index (χ0) is 25.9. The number of carbonyl (C=O) groups excluding carboxylic acids is 1. The highest BCUT2D eigenvalue weighted by Gasteiger charge is 2.30. The fraction of sp³-hybridized carbons (Fsp3) is 0.500. The van der Waals surface area contributed by atoms with E-state index in [2.05, 4.69) is 71.6 Å². The van der Waals surface area contributed by atoms with Crippen molar-refractivity contribution in [1.29, 1.82) is 0 Å². The van der Waals surface area contributed by atoms with Gasteiger partial charge in [0.05, 0.1) is 11.2 Å². The normalized spacial score (nSPS) is 21.3. The van der Waals surface area contributed by atoms with Gasteiger partial charge < -0.3 is 19.4 Å². The van der Waals surface area contributed by atoms with Crippen LogP contribution in [0.2, 0.25) is 0 Å². The standard InChI is InChI=1S/C32H40N4O2/c1-34-18-20-35(21-19-34)31-27-5-2-3-6-29(27)33-23-28(31)26-12-10-24(11-13-26)8-9-25-14-16-36(17-15-25)32(37)30-7-4-22-38-30/h2-3,5-6,10-13,23,25,30H,4,7-9,14-22H2,1H3/t30-/m1/s1. The number of hydrogen-bond acceptors (Lipinski definition) is 5. The van der Waals surface area contributed by atoms with E-state index in [9.17, 15) is 4.79 Å². The topological polar surface area (TPSA) is 48.9 Å². The van der Waals surface area contributed by atoms with Crippen LogP contribution in [-0.2, 0) is 16.0 Å². The van der Waals surface area contributed by atoms with Crippen molar-refractivity contribution in [3.63, 3.8) is 0 Å². The first-order valence-corrected chi connectivity index (χ1v) is 14.5. The summed E-state index contributed by atoms with van der Waals surface area (Å²) in [5.74, 6) is 0.910. The Hall–Kier alpha value is -2.96. The lowest BCUT2D eigenvalue weighted by atomic mass is 9.90. The van der Waals surface area contributed by atoms with E-state index >= 15 is 0 Å². The van der Waals surface area contributed by atoms with Crippen molar-refractivity contribution >= 4 is 22.5 Å². The second-order valence-corrected chi connectivity index (χ2v) is 11.3. The van der Waals surface area contributed by atoms with Gasteiger partial charge in [-0.05, 0) is 68.7 Å². The Morgan fingerprint density at radius 1 is 0.947 bits per heavy atom. The van der Waals surface area contributed by atoms with E-state index in [1.54, 1.807) is 0 Å². The summed E-state index contributed by atoms with van der Waals surface area (Å²) in [5, 5.41) is 1.24. The Morgan fingerprint density at radius 2 is 1.71 bits per heavy atom. The number of likely N-dealkylation sites (N-methyl/N-ethyl adjacent to an activating group) is 1. The highest BCUT2D eigenvalue weighted by Crippen LogP contribution is 2.37. The Kier molecular flexibility index (Phi) is 7.61. The van der Waals surface area contributed by atoms with Gasteiger partial charge >= 0.3 is 0 Å². The highest BCUT2D eigenvalue weighted by molar-refractivity contribution is 5.99. The van der Waals surface area contributed by atoms with Crippen LogP contribution in [0.3, 0.4) is 0 Å². The number of amides is 1. The van der Waals surface area contributed by atoms with Crippen LogP contribution < -0.4 is 4.90 Å². The third-order valence-corrected chi connectivity index (χ3v) is 8.80. The quantitative estimate of drug-likeness (QED) is 0.465. The molecule has 2 aromatic carbocycles. The van der Waals surface area contributed by atoms with Crippen LogP contribution in [0.5, 0.6) is 0 Å². The van der Waals surface area contributed by atoms with Crippen molar-refractivity contribution in [1.82, 2.24) is 14.8 Å². The molecule has 3 aromatic rings. The van der Waals surface area contributed by atoms with Crippen molar-refractivity contribution in [2.75, 3.05) is 57.8 Å². The molecule has 3 aliphatic heterocycles. The maximum Gasteiger partial charge on any atom is 0.251 e. The van der Waals surface area contributed by atoms with Gasteiger partial charge in [-0.15, -0.1) is 0 Å². The molecular weight excluding hydrogens is 472 g/mol. The second-order valence-electron chi connectivity index (χ2n) is 11.3. The average Bonchev–Trinajstić information content (AvgIpc) is 3.52. The van der Waals surface area contributed by atoms with E-state index in [1.807, 2.05) is 4.90 Å². The number of benzene rings is 2. The van der Waals surface area contributed by atoms with E-state index in [-0.39, 0.29) is 12.0 Å². The lowest BCUT2D eigenvalue weighted by molar-refractivity contribution is -0.142. The molecule has 0 saturated carbocycles. The summed E-state index contributed by atoms with van der Waals surface area (Å²) in [6.45, 7) is 6.73. The van der Waals surface area contributed by atoms with E-state index in [0.717, 1.165) is 83.5 Å². The second kappa shape index (κ2) is 11.4. The van der Waals surface area contributed by atoms with Gasteiger partial charge in [-0.3, -0.25) is 9.78 Å². The summed E-state index contributed by atoms with van der Waals surface area (Å²) in [6, 6.07) is 17.7. The van der Waals surface area contributed by atoms with Crippen LogP contribution in [0.25, 0.3) is 22.0 Å². The lowest BCUT2D eigenvalue weighted by Gasteiger charge is -2.35. The van der Waals surface area contributed by atoms with E-state index < -0.39 is 0 Å². The maximum atomic E-state index is 12.6. The summed E-state index contributed by atoms with van der Waals surface area (Å²) in [5.41, 5.74) is 6.23. The number of aromatic nitrogens is 1. The van der Waals surface area contributed by atoms with Crippen LogP contribution in [-0.4, -0.2) is 79.7 Å². The molecule has 6 heteroatoms. The number of piperazine rings is 1. The molecule has 0 spiro atoms. The fourth-order valence-electron chi connectivity index (χ4n) is 6.35. The van der Waals surface area contributed by atoms with E-state index in [0.29, 0.717) is 5.92 Å². The van der Waals surface area contributed by atoms with Crippen molar-refractivity contribution in [3.05, 3.63) is 60.3 Å². The van der Waals surface area contributed by atoms with Gasteiger partial charge in [0.1, 0.15) is 6.10 Å². The van der Waals surface area contributed by atoms with Crippen LogP contribution >= 0.6 is 0 Å². The molecule has 0 bridgehead atoms. The zero-order valence-corrected chi connectivity index (χ0v) is 22.6. The molecule has 3 fully saturated rings. The molecule has 1 aromatic heterocycles. The third kappa shape index (κ3) is 5.43. The molecule has 3 saturated heterocycles. The Balaban J connectivity index is 1.11. The summed E-state index contributed by atoms with van der Waals surface area (Å²) in [4.78, 5) is 24.4. The number of likely N-dealkylation sites (tertiary alicyclic amines) is 1. The number of nitrogens with zero attached hydrogens (tertiary/aromatic N) is 4. The minimum absolute atomic E-state index is 0.181. The summed E-state index contributed by atoms with van der Waals surface area (Å²) in [7, 11) is 2.20. The molecule has 6 nitrogen and oxygen atoms in total. The van der Waals surface area contributed by atoms with Crippen LogP contribution in [0, 0.1) is 5.92 Å². The lowest BCUT2D eigenvalue weighted by Crippen LogP contribution is -2.44. The number of rotatable bonds is 6. The highest BCUT2D eigenvalue weighted by atomic mass is 16.5. The van der Waals surface area contributed by atoms with Gasteiger partial charge in [-0.25, -0.2) is 0 Å². The number of carbonyl (C=O) groups is 1. The average molecular weight is 513 g/mol. The number of anilines is 1. The van der Waals surface area contributed by atoms with E-state index in [1.165, 1.54) is 34.2 Å². The van der Waals surface area contributed by atoms with Crippen LogP contribution in [0.4, 0.5) is 5.69 Å². The SMILES string of the molecule is CN1CCN(c2c(-c3ccc(CCC4CCN(C(=O)[C@H]5CCCO5)CC4)cc3)cnc3ccccc23)CC1. The first-order valence-electron chi connectivity index (χ1n) is 14.5. The number of piperidine rings is 1. The van der Waals surface area contributed by atoms with Crippen LogP contribution in [0.1, 0.15) is 37.7 Å². The van der Waals surface area contributed by atoms with Crippen LogP contribution in [0.15, 0.2) is 54.7 Å². The molecule has 4 heterocycles. The van der Waals surface area contributed by atoms with Crippen molar-refractivity contribution < 1.29 is 9.53 Å². The monoisotopic (exact) mass is 512 g/mol. The Bertz CT molecular complexity index is 1240. The van der Waals surface area contributed by atoms with Gasteiger partial charge in [0.15, 0.2) is 0 Å². The van der Waals surface area contributed by atoms with Gasteiger partial charge in [0.2, 0.25) is 0 Å². The number of fused-ring (bicyclic) bond motifs is 1. The predicted molar refractivity (Wildman–Crippen MR) is 153 cm³/mol. The molecule has 1 atom stereocenters. The molecule has 6 rings (SSSR count). The molecular formula is C32H40N4O2. The molecule has 0 aliphatic carbocycles. The molecule has 200 valence electrons. The fourth-order valence-corrected chi connectivity index (χ4v) is 6.35. The molecule has 0 radical (unpaired) electrons. The molecule has 0 N–H and O–H groups in total. The van der Waals surface area contributed by atoms with Crippen molar-refractivity contribution in [2.24, 2.45) is 5.92 Å². The van der Waals surface area contributed by atoms with Gasteiger partial charge in [0, 0.05) is 63.0 Å². The molecule has 38 heavy (non-hydrogen) atoms. The molecule has 3 aliphatic rings. The number of ether oxygens (including phenoxy) is 1. The van der Waals surface area contributed by atoms with Gasteiger partial charge in [0.25, 0.3) is 5.91 Å².